The van der Waals surface area contributed by atoms with Gasteiger partial charge in [0.1, 0.15) is 0 Å². The number of rotatable bonds is 6. The summed E-state index contributed by atoms with van der Waals surface area (Å²) >= 11 is 3.32. The maximum atomic E-state index is 13.5. The van der Waals surface area contributed by atoms with Crippen molar-refractivity contribution in [2.45, 2.75) is 49.1 Å². The summed E-state index contributed by atoms with van der Waals surface area (Å²) in [5.41, 5.74) is 1.01. The molecule has 0 bridgehead atoms. The van der Waals surface area contributed by atoms with Gasteiger partial charge in [0.25, 0.3) is 0 Å². The van der Waals surface area contributed by atoms with Crippen LogP contribution in [0.1, 0.15) is 43.7 Å². The lowest BCUT2D eigenvalue weighted by atomic mass is 9.85. The lowest BCUT2D eigenvalue weighted by molar-refractivity contribution is -0.145. The van der Waals surface area contributed by atoms with Crippen molar-refractivity contribution >= 4 is 37.8 Å². The van der Waals surface area contributed by atoms with Gasteiger partial charge in [-0.1, -0.05) is 46.3 Å². The largest absolute Gasteiger partial charge is 0.469 e. The Morgan fingerprint density at radius 3 is 2.24 bits per heavy atom. The highest BCUT2D eigenvalue weighted by Gasteiger charge is 2.42. The monoisotopic (exact) mass is 548 g/mol. The average Bonchev–Trinajstić information content (AvgIpc) is 3.30. The predicted molar refractivity (Wildman–Crippen MR) is 131 cm³/mol. The van der Waals surface area contributed by atoms with Crippen molar-refractivity contribution in [3.05, 3.63) is 64.6 Å². The predicted octanol–water partition coefficient (Wildman–Crippen LogP) is 4.05. The summed E-state index contributed by atoms with van der Waals surface area (Å²) in [6.45, 7) is 0.348. The first kappa shape index (κ1) is 24.9. The van der Waals surface area contributed by atoms with Crippen LogP contribution in [0.3, 0.4) is 0 Å². The van der Waals surface area contributed by atoms with Gasteiger partial charge in [0.15, 0.2) is 0 Å². The number of carbonyl (C=O) groups excluding carboxylic acids is 2. The van der Waals surface area contributed by atoms with Gasteiger partial charge in [0, 0.05) is 23.0 Å². The van der Waals surface area contributed by atoms with Crippen LogP contribution in [-0.2, 0) is 24.3 Å². The number of nitrogens with zero attached hydrogens (tertiary/aromatic N) is 1. The van der Waals surface area contributed by atoms with Crippen LogP contribution in [0, 0.1) is 11.8 Å². The first-order valence-corrected chi connectivity index (χ1v) is 13.8. The van der Waals surface area contributed by atoms with Gasteiger partial charge in [0.05, 0.1) is 24.0 Å². The Labute approximate surface area is 209 Å². The molecule has 0 radical (unpaired) electrons. The van der Waals surface area contributed by atoms with Gasteiger partial charge in [0.2, 0.25) is 15.9 Å². The highest BCUT2D eigenvalue weighted by Crippen LogP contribution is 2.39. The molecular formula is C25H29BrN2O5S. The molecule has 1 N–H and O–H groups in total. The number of esters is 1. The molecule has 34 heavy (non-hydrogen) atoms. The van der Waals surface area contributed by atoms with Crippen LogP contribution >= 0.6 is 15.9 Å². The lowest BCUT2D eigenvalue weighted by Crippen LogP contribution is -2.42. The van der Waals surface area contributed by atoms with Crippen molar-refractivity contribution in [2.24, 2.45) is 11.8 Å². The van der Waals surface area contributed by atoms with E-state index in [0.29, 0.717) is 38.6 Å². The molecule has 1 amide bonds. The van der Waals surface area contributed by atoms with Crippen LogP contribution in [0.2, 0.25) is 0 Å². The summed E-state index contributed by atoms with van der Waals surface area (Å²) < 4.78 is 34.0. The highest BCUT2D eigenvalue weighted by molar-refractivity contribution is 9.10. The Hall–Kier alpha value is -2.23. The molecule has 2 aromatic carbocycles. The fourth-order valence-electron chi connectivity index (χ4n) is 5.00. The molecule has 2 aromatic rings. The van der Waals surface area contributed by atoms with E-state index in [1.807, 2.05) is 35.2 Å². The summed E-state index contributed by atoms with van der Waals surface area (Å²) in [6, 6.07) is 15.9. The van der Waals surface area contributed by atoms with E-state index in [9.17, 15) is 18.0 Å². The molecule has 2 fully saturated rings. The minimum atomic E-state index is -3.61. The Morgan fingerprint density at radius 1 is 0.971 bits per heavy atom. The molecule has 1 heterocycles. The number of benzene rings is 2. The first-order valence-electron chi connectivity index (χ1n) is 11.5. The smallest absolute Gasteiger partial charge is 0.310 e. The second-order valence-electron chi connectivity index (χ2n) is 9.00. The summed E-state index contributed by atoms with van der Waals surface area (Å²) in [4.78, 5) is 27.8. The number of halogens is 1. The maximum Gasteiger partial charge on any atom is 0.310 e. The standard InChI is InChI=1S/C25H29BrN2O5S/c1-33-25(30)19-15-23(17-5-3-2-4-6-17)28(16-19)24(29)18-7-11-21(12-8-18)27-34(31,32)22-13-9-20(26)10-14-22/h2-6,9-10,13-14,18-19,21,23,27H,7-8,11-12,15-16H2,1H3/t18-,19?,21-,23?. The summed E-state index contributed by atoms with van der Waals surface area (Å²) in [5, 5.41) is 0. The van der Waals surface area contributed by atoms with Crippen molar-refractivity contribution in [1.82, 2.24) is 9.62 Å². The molecule has 4 rings (SSSR count). The average molecular weight is 549 g/mol. The van der Waals surface area contributed by atoms with Gasteiger partial charge in [-0.3, -0.25) is 9.59 Å². The topological polar surface area (TPSA) is 92.8 Å². The van der Waals surface area contributed by atoms with Crippen molar-refractivity contribution in [3.8, 4) is 0 Å². The minimum absolute atomic E-state index is 0.0365. The summed E-state index contributed by atoms with van der Waals surface area (Å²) in [5.74, 6) is -0.777. The fraction of sp³-hybridized carbons (Fsp3) is 0.440. The van der Waals surface area contributed by atoms with Gasteiger partial charge in [-0.2, -0.15) is 0 Å². The van der Waals surface area contributed by atoms with Gasteiger partial charge in [-0.25, -0.2) is 13.1 Å². The summed E-state index contributed by atoms with van der Waals surface area (Å²) in [7, 11) is -2.24. The van der Waals surface area contributed by atoms with Crippen LogP contribution in [-0.4, -0.2) is 44.9 Å². The lowest BCUT2D eigenvalue weighted by Gasteiger charge is -2.33. The van der Waals surface area contributed by atoms with Gasteiger partial charge >= 0.3 is 5.97 Å². The third-order valence-electron chi connectivity index (χ3n) is 6.83. The van der Waals surface area contributed by atoms with E-state index >= 15 is 0 Å². The molecule has 9 heteroatoms. The van der Waals surface area contributed by atoms with E-state index in [0.717, 1.165) is 10.0 Å². The quantitative estimate of drug-likeness (QED) is 0.549. The number of amides is 1. The molecule has 1 aliphatic carbocycles. The zero-order valence-corrected chi connectivity index (χ0v) is 21.4. The van der Waals surface area contributed by atoms with E-state index in [4.69, 9.17) is 4.74 Å². The second-order valence-corrected chi connectivity index (χ2v) is 11.6. The first-order chi connectivity index (χ1) is 16.3. The van der Waals surface area contributed by atoms with Crippen molar-refractivity contribution in [1.29, 1.82) is 0 Å². The van der Waals surface area contributed by atoms with E-state index < -0.39 is 10.0 Å². The molecular weight excluding hydrogens is 520 g/mol. The molecule has 7 nitrogen and oxygen atoms in total. The number of likely N-dealkylation sites (tertiary alicyclic amines) is 1. The van der Waals surface area contributed by atoms with Crippen LogP contribution in [0.4, 0.5) is 0 Å². The van der Waals surface area contributed by atoms with Gasteiger partial charge < -0.3 is 9.64 Å². The molecule has 1 saturated carbocycles. The Balaban J connectivity index is 1.40. The van der Waals surface area contributed by atoms with E-state index in [2.05, 4.69) is 20.7 Å². The van der Waals surface area contributed by atoms with E-state index in [1.54, 1.807) is 24.3 Å². The Bertz CT molecular complexity index is 1120. The van der Waals surface area contributed by atoms with Crippen molar-refractivity contribution in [3.63, 3.8) is 0 Å². The fourth-order valence-corrected chi connectivity index (χ4v) is 6.57. The molecule has 0 aromatic heterocycles. The van der Waals surface area contributed by atoms with Crippen LogP contribution in [0.25, 0.3) is 0 Å². The number of ether oxygens (including phenoxy) is 1. The van der Waals surface area contributed by atoms with Crippen LogP contribution in [0.5, 0.6) is 0 Å². The van der Waals surface area contributed by atoms with Gasteiger partial charge in [-0.15, -0.1) is 0 Å². The highest BCUT2D eigenvalue weighted by atomic mass is 79.9. The molecule has 2 atom stereocenters. The minimum Gasteiger partial charge on any atom is -0.469 e. The van der Waals surface area contributed by atoms with E-state index in [-0.39, 0.29) is 40.7 Å². The number of sulfonamides is 1. The number of methoxy groups -OCH3 is 1. The summed E-state index contributed by atoms with van der Waals surface area (Å²) in [6.07, 6.45) is 2.94. The number of carbonyl (C=O) groups is 2. The SMILES string of the molecule is COC(=O)C1CC(c2ccccc2)N(C(=O)[C@H]2CC[C@H](NS(=O)(=O)c3ccc(Br)cc3)CC2)C1. The number of hydrogen-bond donors (Lipinski definition) is 1. The second kappa shape index (κ2) is 10.6. The van der Waals surface area contributed by atoms with Crippen LogP contribution < -0.4 is 4.72 Å². The van der Waals surface area contributed by atoms with E-state index in [1.165, 1.54) is 7.11 Å². The zero-order chi connectivity index (χ0) is 24.3. The normalized spacial score (nSPS) is 25.2. The third kappa shape index (κ3) is 5.53. The van der Waals surface area contributed by atoms with Gasteiger partial charge in [-0.05, 0) is 61.9 Å². The molecule has 1 aliphatic heterocycles. The number of hydrogen-bond acceptors (Lipinski definition) is 5. The Morgan fingerprint density at radius 2 is 1.62 bits per heavy atom. The molecule has 2 unspecified atom stereocenters. The molecule has 2 aliphatic rings. The maximum absolute atomic E-state index is 13.5. The van der Waals surface area contributed by atoms with Crippen molar-refractivity contribution in [2.75, 3.05) is 13.7 Å². The third-order valence-corrected chi connectivity index (χ3v) is 8.89. The molecule has 182 valence electrons. The Kier molecular flexibility index (Phi) is 7.74. The van der Waals surface area contributed by atoms with Crippen molar-refractivity contribution < 1.29 is 22.7 Å². The molecule has 1 saturated heterocycles. The zero-order valence-electron chi connectivity index (χ0n) is 19.0. The van der Waals surface area contributed by atoms with Crippen LogP contribution in [0.15, 0.2) is 64.0 Å². The number of nitrogens with one attached hydrogen (secondary N) is 1. The molecule has 0 spiro atoms.